The first kappa shape index (κ1) is 19.3. The van der Waals surface area contributed by atoms with Crippen LogP contribution < -0.4 is 15.2 Å². The molecule has 0 fully saturated rings. The average molecular weight is 407 g/mol. The lowest BCUT2D eigenvalue weighted by atomic mass is 10.1. The maximum absolute atomic E-state index is 13.8. The minimum absolute atomic E-state index is 0.0811. The molecule has 7 heteroatoms. The lowest BCUT2D eigenvalue weighted by molar-refractivity contribution is 0.227. The van der Waals surface area contributed by atoms with Crippen molar-refractivity contribution in [2.45, 2.75) is 13.0 Å². The highest BCUT2D eigenvalue weighted by molar-refractivity contribution is 6.36. The van der Waals surface area contributed by atoms with Gasteiger partial charge in [-0.15, -0.1) is 0 Å². The molecule has 2 N–H and O–H groups in total. The molecule has 1 aromatic heterocycles. The molecule has 0 amide bonds. The molecule has 1 atom stereocenters. The number of halogens is 3. The normalized spacial score (nSPS) is 11.9. The Balaban J connectivity index is 1.98. The molecule has 0 aliphatic heterocycles. The number of hydrogen-bond donors (Lipinski definition) is 1. The van der Waals surface area contributed by atoms with Crippen LogP contribution in [0.2, 0.25) is 10.0 Å². The predicted octanol–water partition coefficient (Wildman–Crippen LogP) is 5.93. The first-order chi connectivity index (χ1) is 12.9. The van der Waals surface area contributed by atoms with E-state index in [0.29, 0.717) is 22.1 Å². The van der Waals surface area contributed by atoms with Gasteiger partial charge < -0.3 is 15.2 Å². The maximum Gasteiger partial charge on any atom is 0.166 e. The third kappa shape index (κ3) is 3.94. The van der Waals surface area contributed by atoms with Crippen molar-refractivity contribution in [3.05, 3.63) is 70.1 Å². The fourth-order valence-corrected chi connectivity index (χ4v) is 3.42. The summed E-state index contributed by atoms with van der Waals surface area (Å²) in [6.07, 6.45) is 0.991. The summed E-state index contributed by atoms with van der Waals surface area (Å²) in [5, 5.41) is 0.226. The molecule has 0 saturated heterocycles. The first-order valence-corrected chi connectivity index (χ1v) is 8.87. The molecule has 0 bridgehead atoms. The molecule has 140 valence electrons. The van der Waals surface area contributed by atoms with Gasteiger partial charge in [0.05, 0.1) is 12.1 Å². The zero-order valence-electron chi connectivity index (χ0n) is 14.7. The second-order valence-electron chi connectivity index (χ2n) is 5.82. The zero-order chi connectivity index (χ0) is 19.6. The monoisotopic (exact) mass is 406 g/mol. The van der Waals surface area contributed by atoms with E-state index < -0.39 is 11.9 Å². The summed E-state index contributed by atoms with van der Waals surface area (Å²) >= 11 is 12.2. The number of anilines is 1. The van der Waals surface area contributed by atoms with E-state index in [0.717, 1.165) is 11.1 Å². The molecule has 4 nitrogen and oxygen atoms in total. The van der Waals surface area contributed by atoms with Gasteiger partial charge in [0.1, 0.15) is 17.7 Å². The summed E-state index contributed by atoms with van der Waals surface area (Å²) in [5.74, 6) is 0.658. The summed E-state index contributed by atoms with van der Waals surface area (Å²) in [5.41, 5.74) is 7.91. The molecule has 0 spiro atoms. The maximum atomic E-state index is 13.8. The number of rotatable bonds is 5. The van der Waals surface area contributed by atoms with Crippen LogP contribution in [0.4, 0.5) is 10.2 Å². The Labute approximate surface area is 166 Å². The van der Waals surface area contributed by atoms with Crippen LogP contribution in [0.1, 0.15) is 18.6 Å². The van der Waals surface area contributed by atoms with Crippen LogP contribution in [0.3, 0.4) is 0 Å². The number of pyridine rings is 1. The molecule has 1 heterocycles. The summed E-state index contributed by atoms with van der Waals surface area (Å²) in [6.45, 7) is 1.71. The van der Waals surface area contributed by atoms with E-state index in [9.17, 15) is 4.39 Å². The SMILES string of the molecule is COc1ccccc1-c1cnc(N)c(OC(C)c2c(Cl)ccc(F)c2Cl)c1. The van der Waals surface area contributed by atoms with E-state index in [1.54, 1.807) is 26.3 Å². The third-order valence-electron chi connectivity index (χ3n) is 4.09. The highest BCUT2D eigenvalue weighted by Gasteiger charge is 2.20. The van der Waals surface area contributed by atoms with Crippen molar-refractivity contribution in [3.63, 3.8) is 0 Å². The second kappa shape index (κ2) is 8.03. The van der Waals surface area contributed by atoms with E-state index in [1.165, 1.54) is 12.1 Å². The first-order valence-electron chi connectivity index (χ1n) is 8.11. The number of aromatic nitrogens is 1. The topological polar surface area (TPSA) is 57.4 Å². The number of nitrogens with two attached hydrogens (primary N) is 1. The molecule has 27 heavy (non-hydrogen) atoms. The highest BCUT2D eigenvalue weighted by Crippen LogP contribution is 2.38. The van der Waals surface area contributed by atoms with Gasteiger partial charge in [0, 0.05) is 27.9 Å². The molecular weight excluding hydrogens is 390 g/mol. The van der Waals surface area contributed by atoms with Crippen LogP contribution in [0.25, 0.3) is 11.1 Å². The fourth-order valence-electron chi connectivity index (χ4n) is 2.74. The number of methoxy groups -OCH3 is 1. The Bertz CT molecular complexity index is 982. The molecule has 2 aromatic carbocycles. The zero-order valence-corrected chi connectivity index (χ0v) is 16.2. The molecule has 0 aliphatic carbocycles. The van der Waals surface area contributed by atoms with E-state index in [4.69, 9.17) is 38.4 Å². The van der Waals surface area contributed by atoms with Crippen molar-refractivity contribution in [1.29, 1.82) is 0 Å². The Morgan fingerprint density at radius 2 is 1.85 bits per heavy atom. The van der Waals surface area contributed by atoms with Gasteiger partial charge in [-0.05, 0) is 31.2 Å². The largest absolute Gasteiger partial charge is 0.496 e. The predicted molar refractivity (Wildman–Crippen MR) is 106 cm³/mol. The third-order valence-corrected chi connectivity index (χ3v) is 4.80. The smallest absolute Gasteiger partial charge is 0.166 e. The number of nitrogen functional groups attached to an aromatic ring is 1. The lowest BCUT2D eigenvalue weighted by Crippen LogP contribution is -2.08. The summed E-state index contributed by atoms with van der Waals surface area (Å²) in [4.78, 5) is 4.20. The Kier molecular flexibility index (Phi) is 5.73. The highest BCUT2D eigenvalue weighted by atomic mass is 35.5. The van der Waals surface area contributed by atoms with Gasteiger partial charge in [0.2, 0.25) is 0 Å². The van der Waals surface area contributed by atoms with Crippen molar-refractivity contribution in [2.75, 3.05) is 12.8 Å². The Morgan fingerprint density at radius 1 is 1.11 bits per heavy atom. The van der Waals surface area contributed by atoms with Gasteiger partial charge in [0.15, 0.2) is 11.6 Å². The quantitative estimate of drug-likeness (QED) is 0.533. The average Bonchev–Trinajstić information content (AvgIpc) is 2.67. The summed E-state index contributed by atoms with van der Waals surface area (Å²) in [7, 11) is 1.59. The summed E-state index contributed by atoms with van der Waals surface area (Å²) < 4.78 is 25.1. The molecule has 0 saturated carbocycles. The van der Waals surface area contributed by atoms with Crippen LogP contribution >= 0.6 is 23.2 Å². The number of ether oxygens (including phenoxy) is 2. The van der Waals surface area contributed by atoms with Gasteiger partial charge in [-0.1, -0.05) is 41.4 Å². The van der Waals surface area contributed by atoms with Crippen molar-refractivity contribution < 1.29 is 13.9 Å². The van der Waals surface area contributed by atoms with Crippen LogP contribution in [-0.4, -0.2) is 12.1 Å². The fraction of sp³-hybridized carbons (Fsp3) is 0.150. The van der Waals surface area contributed by atoms with E-state index in [-0.39, 0.29) is 10.8 Å². The molecule has 1 unspecified atom stereocenters. The number of nitrogens with zero attached hydrogens (tertiary/aromatic N) is 1. The van der Waals surface area contributed by atoms with Crippen LogP contribution in [0, 0.1) is 5.82 Å². The molecule has 0 radical (unpaired) electrons. The standard InChI is InChI=1S/C20H17Cl2FN2O2/c1-11(18-14(21)7-8-15(23)19(18)22)27-17-9-12(10-25-20(17)24)13-5-3-4-6-16(13)26-2/h3-11H,1-2H3,(H2,24,25). The Hall–Kier alpha value is -2.50. The van der Waals surface area contributed by atoms with Crippen molar-refractivity contribution >= 4 is 29.0 Å². The minimum atomic E-state index is -0.641. The van der Waals surface area contributed by atoms with E-state index >= 15 is 0 Å². The number of benzene rings is 2. The molecular formula is C20H17Cl2FN2O2. The van der Waals surface area contributed by atoms with Crippen LogP contribution in [-0.2, 0) is 0 Å². The molecule has 3 rings (SSSR count). The van der Waals surface area contributed by atoms with Gasteiger partial charge in [-0.25, -0.2) is 9.37 Å². The Morgan fingerprint density at radius 3 is 2.59 bits per heavy atom. The van der Waals surface area contributed by atoms with Gasteiger partial charge >= 0.3 is 0 Å². The second-order valence-corrected chi connectivity index (χ2v) is 6.61. The van der Waals surface area contributed by atoms with Gasteiger partial charge in [-0.2, -0.15) is 0 Å². The van der Waals surface area contributed by atoms with E-state index in [1.807, 2.05) is 24.3 Å². The van der Waals surface area contributed by atoms with Crippen LogP contribution in [0.5, 0.6) is 11.5 Å². The van der Waals surface area contributed by atoms with Crippen molar-refractivity contribution in [2.24, 2.45) is 0 Å². The lowest BCUT2D eigenvalue weighted by Gasteiger charge is -2.19. The van der Waals surface area contributed by atoms with Gasteiger partial charge in [-0.3, -0.25) is 0 Å². The van der Waals surface area contributed by atoms with Gasteiger partial charge in [0.25, 0.3) is 0 Å². The van der Waals surface area contributed by atoms with Crippen molar-refractivity contribution in [1.82, 2.24) is 4.98 Å². The molecule has 3 aromatic rings. The minimum Gasteiger partial charge on any atom is -0.496 e. The molecule has 0 aliphatic rings. The van der Waals surface area contributed by atoms with Crippen LogP contribution in [0.15, 0.2) is 48.7 Å². The number of hydrogen-bond acceptors (Lipinski definition) is 4. The summed E-state index contributed by atoms with van der Waals surface area (Å²) in [6, 6.07) is 11.9. The number of para-hydroxylation sites is 1. The van der Waals surface area contributed by atoms with Crippen molar-refractivity contribution in [3.8, 4) is 22.6 Å². The van der Waals surface area contributed by atoms with E-state index in [2.05, 4.69) is 4.98 Å².